The summed E-state index contributed by atoms with van der Waals surface area (Å²) in [5, 5.41) is 4.94. The zero-order valence-electron chi connectivity index (χ0n) is 13.7. The summed E-state index contributed by atoms with van der Waals surface area (Å²) >= 11 is 7.24. The lowest BCUT2D eigenvalue weighted by Crippen LogP contribution is -2.38. The lowest BCUT2D eigenvalue weighted by atomic mass is 10.2. The number of rotatable bonds is 5. The van der Waals surface area contributed by atoms with Gasteiger partial charge in [-0.1, -0.05) is 17.7 Å². The molecular formula is C17H14ClN3O4S. The highest BCUT2D eigenvalue weighted by Gasteiger charge is 2.45. The van der Waals surface area contributed by atoms with Crippen molar-refractivity contribution in [2.75, 3.05) is 11.9 Å². The van der Waals surface area contributed by atoms with E-state index in [4.69, 9.17) is 11.6 Å². The number of imide groups is 2. The van der Waals surface area contributed by atoms with E-state index in [9.17, 15) is 19.2 Å². The number of hydrogen-bond donors (Lipinski definition) is 1. The molecule has 26 heavy (non-hydrogen) atoms. The van der Waals surface area contributed by atoms with Gasteiger partial charge in [0, 0.05) is 15.6 Å². The quantitative estimate of drug-likeness (QED) is 0.627. The van der Waals surface area contributed by atoms with Gasteiger partial charge in [0.2, 0.25) is 5.91 Å². The first kappa shape index (κ1) is 18.1. The Bertz CT molecular complexity index is 897. The zero-order chi connectivity index (χ0) is 18.8. The first-order chi connectivity index (χ1) is 12.4. The van der Waals surface area contributed by atoms with Gasteiger partial charge in [0.25, 0.3) is 0 Å². The van der Waals surface area contributed by atoms with Crippen LogP contribution in [0, 0.1) is 6.92 Å². The lowest BCUT2D eigenvalue weighted by Gasteiger charge is -2.15. The molecule has 0 saturated carbocycles. The van der Waals surface area contributed by atoms with Gasteiger partial charge in [-0.15, -0.1) is 11.3 Å². The number of amides is 5. The van der Waals surface area contributed by atoms with E-state index in [1.807, 2.05) is 5.38 Å². The molecule has 0 aliphatic carbocycles. The summed E-state index contributed by atoms with van der Waals surface area (Å²) in [6.45, 7) is 1.24. The van der Waals surface area contributed by atoms with E-state index in [1.165, 1.54) is 11.3 Å². The molecule has 2 heterocycles. The van der Waals surface area contributed by atoms with Gasteiger partial charge >= 0.3 is 17.8 Å². The van der Waals surface area contributed by atoms with Crippen molar-refractivity contribution in [2.24, 2.45) is 0 Å². The third kappa shape index (κ3) is 3.61. The largest absolute Gasteiger partial charge is 0.335 e. The molecule has 1 aliphatic heterocycles. The van der Waals surface area contributed by atoms with Crippen molar-refractivity contribution in [3.05, 3.63) is 51.2 Å². The number of carbonyl (C=O) groups is 4. The number of thiophene rings is 1. The van der Waals surface area contributed by atoms with Crippen molar-refractivity contribution in [3.63, 3.8) is 0 Å². The van der Waals surface area contributed by atoms with Crippen molar-refractivity contribution in [2.45, 2.75) is 13.5 Å². The number of nitrogens with zero attached hydrogens (tertiary/aromatic N) is 2. The highest BCUT2D eigenvalue weighted by molar-refractivity contribution is 7.09. The van der Waals surface area contributed by atoms with Crippen molar-refractivity contribution in [1.29, 1.82) is 0 Å². The van der Waals surface area contributed by atoms with Crippen LogP contribution in [-0.4, -0.2) is 40.1 Å². The molecule has 134 valence electrons. The van der Waals surface area contributed by atoms with Crippen LogP contribution in [-0.2, 0) is 20.9 Å². The fourth-order valence-corrected chi connectivity index (χ4v) is 3.41. The van der Waals surface area contributed by atoms with Gasteiger partial charge in [0.1, 0.15) is 6.54 Å². The van der Waals surface area contributed by atoms with Crippen molar-refractivity contribution < 1.29 is 19.2 Å². The third-order valence-electron chi connectivity index (χ3n) is 3.79. The molecule has 1 fully saturated rings. The minimum atomic E-state index is -1.01. The van der Waals surface area contributed by atoms with Crippen molar-refractivity contribution >= 4 is 52.4 Å². The highest BCUT2D eigenvalue weighted by Crippen LogP contribution is 2.21. The normalized spacial score (nSPS) is 14.3. The van der Waals surface area contributed by atoms with E-state index in [1.54, 1.807) is 37.3 Å². The number of nitrogens with one attached hydrogen (secondary N) is 1. The number of urea groups is 1. The standard InChI is InChI=1S/C17H14ClN3O4S/c1-10-7-11(18)4-5-13(10)19-14(22)9-21-16(24)15(23)20(17(21)25)8-12-3-2-6-26-12/h2-7H,8-9H2,1H3,(H,19,22). The summed E-state index contributed by atoms with van der Waals surface area (Å²) in [5.74, 6) is -2.52. The topological polar surface area (TPSA) is 86.8 Å². The van der Waals surface area contributed by atoms with Crippen LogP contribution in [0.2, 0.25) is 5.02 Å². The second kappa shape index (κ2) is 7.27. The minimum Gasteiger partial charge on any atom is -0.324 e. The molecule has 0 spiro atoms. The Morgan fingerprint density at radius 1 is 1.15 bits per heavy atom. The fraction of sp³-hybridized carbons (Fsp3) is 0.176. The molecule has 0 radical (unpaired) electrons. The van der Waals surface area contributed by atoms with Gasteiger partial charge in [-0.25, -0.2) is 9.69 Å². The van der Waals surface area contributed by atoms with Gasteiger partial charge in [-0.3, -0.25) is 19.3 Å². The van der Waals surface area contributed by atoms with E-state index in [0.717, 1.165) is 15.3 Å². The highest BCUT2D eigenvalue weighted by atomic mass is 35.5. The fourth-order valence-electron chi connectivity index (χ4n) is 2.49. The second-order valence-corrected chi connectivity index (χ2v) is 7.12. The molecule has 0 atom stereocenters. The average molecular weight is 392 g/mol. The van der Waals surface area contributed by atoms with Crippen LogP contribution in [0.1, 0.15) is 10.4 Å². The number of benzene rings is 1. The molecular weight excluding hydrogens is 378 g/mol. The first-order valence-corrected chi connectivity index (χ1v) is 8.88. The van der Waals surface area contributed by atoms with Gasteiger partial charge in [0.15, 0.2) is 0 Å². The van der Waals surface area contributed by atoms with Gasteiger partial charge in [-0.2, -0.15) is 0 Å². The van der Waals surface area contributed by atoms with E-state index in [0.29, 0.717) is 15.6 Å². The predicted octanol–water partition coefficient (Wildman–Crippen LogP) is 2.64. The van der Waals surface area contributed by atoms with Crippen LogP contribution >= 0.6 is 22.9 Å². The van der Waals surface area contributed by atoms with Crippen LogP contribution in [0.3, 0.4) is 0 Å². The molecule has 1 aliphatic rings. The molecule has 0 unspecified atom stereocenters. The molecule has 5 amide bonds. The summed E-state index contributed by atoms with van der Waals surface area (Å²) < 4.78 is 0. The number of aryl methyl sites for hydroxylation is 1. The van der Waals surface area contributed by atoms with Gasteiger partial charge in [0.05, 0.1) is 6.54 Å². The summed E-state index contributed by atoms with van der Waals surface area (Å²) in [7, 11) is 0. The smallest absolute Gasteiger partial charge is 0.324 e. The third-order valence-corrected chi connectivity index (χ3v) is 4.89. The lowest BCUT2D eigenvalue weighted by molar-refractivity contribution is -0.143. The predicted molar refractivity (Wildman–Crippen MR) is 96.8 cm³/mol. The molecule has 1 saturated heterocycles. The molecule has 2 aromatic rings. The molecule has 7 nitrogen and oxygen atoms in total. The Morgan fingerprint density at radius 3 is 2.54 bits per heavy atom. The van der Waals surface area contributed by atoms with E-state index < -0.39 is 30.3 Å². The Hall–Kier alpha value is -2.71. The van der Waals surface area contributed by atoms with E-state index in [2.05, 4.69) is 5.32 Å². The van der Waals surface area contributed by atoms with Crippen LogP contribution in [0.4, 0.5) is 10.5 Å². The Balaban J connectivity index is 1.68. The Labute approximate surface area is 158 Å². The molecule has 3 rings (SSSR count). The van der Waals surface area contributed by atoms with E-state index >= 15 is 0 Å². The van der Waals surface area contributed by atoms with Crippen molar-refractivity contribution in [1.82, 2.24) is 9.80 Å². The molecule has 1 aromatic carbocycles. The van der Waals surface area contributed by atoms with Gasteiger partial charge in [-0.05, 0) is 42.1 Å². The first-order valence-electron chi connectivity index (χ1n) is 7.62. The summed E-state index contributed by atoms with van der Waals surface area (Å²) in [5.41, 5.74) is 1.25. The Kier molecular flexibility index (Phi) is 5.06. The summed E-state index contributed by atoms with van der Waals surface area (Å²) in [4.78, 5) is 51.0. The van der Waals surface area contributed by atoms with Crippen LogP contribution < -0.4 is 5.32 Å². The van der Waals surface area contributed by atoms with E-state index in [-0.39, 0.29) is 6.54 Å². The van der Waals surface area contributed by atoms with Crippen LogP contribution in [0.15, 0.2) is 35.7 Å². The van der Waals surface area contributed by atoms with Crippen LogP contribution in [0.25, 0.3) is 0 Å². The maximum absolute atomic E-state index is 12.4. The number of halogens is 1. The molecule has 0 bridgehead atoms. The van der Waals surface area contributed by atoms with Crippen molar-refractivity contribution in [3.8, 4) is 0 Å². The second-order valence-electron chi connectivity index (χ2n) is 5.65. The maximum atomic E-state index is 12.4. The molecule has 1 N–H and O–H groups in total. The summed E-state index contributed by atoms with van der Waals surface area (Å²) in [6.07, 6.45) is 0. The number of carbonyl (C=O) groups excluding carboxylic acids is 4. The average Bonchev–Trinajstić information content (AvgIpc) is 3.17. The molecule has 1 aromatic heterocycles. The Morgan fingerprint density at radius 2 is 1.88 bits per heavy atom. The number of hydrogen-bond acceptors (Lipinski definition) is 5. The van der Waals surface area contributed by atoms with Gasteiger partial charge < -0.3 is 5.32 Å². The zero-order valence-corrected chi connectivity index (χ0v) is 15.3. The molecule has 9 heteroatoms. The minimum absolute atomic E-state index is 0.00941. The number of anilines is 1. The van der Waals surface area contributed by atoms with Crippen LogP contribution in [0.5, 0.6) is 0 Å². The monoisotopic (exact) mass is 391 g/mol. The maximum Gasteiger partial charge on any atom is 0.335 e. The summed E-state index contributed by atoms with van der Waals surface area (Å²) in [6, 6.07) is 7.66. The SMILES string of the molecule is Cc1cc(Cl)ccc1NC(=O)CN1C(=O)C(=O)N(Cc2cccs2)C1=O.